The first-order valence-corrected chi connectivity index (χ1v) is 7.38. The van der Waals surface area contributed by atoms with Crippen molar-refractivity contribution < 1.29 is 9.31 Å². The lowest BCUT2D eigenvalue weighted by Crippen LogP contribution is -2.41. The maximum Gasteiger partial charge on any atom is 0.498 e. The van der Waals surface area contributed by atoms with E-state index in [2.05, 4.69) is 11.1 Å². The van der Waals surface area contributed by atoms with Gasteiger partial charge in [-0.15, -0.1) is 0 Å². The standard InChI is InChI=1S/C15H23BN2O2/c1-14(2)15(3,4)20-16(19-14)12-8-11(7-10-5-6-10)9-18-13(12)17/h8-10H,5-7H2,1-4H3,(H2,17,18). The second-order valence-corrected chi connectivity index (χ2v) is 7.05. The third-order valence-corrected chi connectivity index (χ3v) is 4.73. The molecular formula is C15H23BN2O2. The summed E-state index contributed by atoms with van der Waals surface area (Å²) in [6, 6.07) is 2.10. The number of aromatic nitrogens is 1. The molecule has 2 aliphatic rings. The summed E-state index contributed by atoms with van der Waals surface area (Å²) in [4.78, 5) is 4.32. The number of nitrogens with zero attached hydrogens (tertiary/aromatic N) is 1. The molecule has 0 radical (unpaired) electrons. The third-order valence-electron chi connectivity index (χ3n) is 4.73. The van der Waals surface area contributed by atoms with E-state index < -0.39 is 7.12 Å². The Morgan fingerprint density at radius 1 is 1.25 bits per heavy atom. The van der Waals surface area contributed by atoms with Gasteiger partial charge in [-0.3, -0.25) is 0 Å². The molecule has 4 nitrogen and oxygen atoms in total. The van der Waals surface area contributed by atoms with E-state index >= 15 is 0 Å². The average Bonchev–Trinajstić information content (AvgIpc) is 3.10. The van der Waals surface area contributed by atoms with Crippen molar-refractivity contribution in [2.45, 2.75) is 58.2 Å². The highest BCUT2D eigenvalue weighted by Gasteiger charge is 2.52. The highest BCUT2D eigenvalue weighted by Crippen LogP contribution is 2.37. The highest BCUT2D eigenvalue weighted by molar-refractivity contribution is 6.63. The quantitative estimate of drug-likeness (QED) is 0.855. The summed E-state index contributed by atoms with van der Waals surface area (Å²) in [6.07, 6.45) is 5.62. The number of anilines is 1. The van der Waals surface area contributed by atoms with Gasteiger partial charge in [0.2, 0.25) is 0 Å². The van der Waals surface area contributed by atoms with Crippen molar-refractivity contribution in [1.29, 1.82) is 0 Å². The summed E-state index contributed by atoms with van der Waals surface area (Å²) in [5, 5.41) is 0. The molecule has 108 valence electrons. The van der Waals surface area contributed by atoms with E-state index in [-0.39, 0.29) is 11.2 Å². The zero-order chi connectivity index (χ0) is 14.5. The van der Waals surface area contributed by atoms with Crippen LogP contribution in [0.15, 0.2) is 12.3 Å². The topological polar surface area (TPSA) is 57.4 Å². The van der Waals surface area contributed by atoms with Crippen molar-refractivity contribution in [1.82, 2.24) is 4.98 Å². The van der Waals surface area contributed by atoms with Crippen molar-refractivity contribution in [2.75, 3.05) is 5.73 Å². The second kappa shape index (κ2) is 4.47. The molecule has 20 heavy (non-hydrogen) atoms. The lowest BCUT2D eigenvalue weighted by molar-refractivity contribution is 0.00578. The zero-order valence-corrected chi connectivity index (χ0v) is 12.8. The van der Waals surface area contributed by atoms with Crippen LogP contribution < -0.4 is 11.2 Å². The molecule has 1 aromatic heterocycles. The van der Waals surface area contributed by atoms with Crippen LogP contribution in [0.25, 0.3) is 0 Å². The smallest absolute Gasteiger partial charge is 0.399 e. The van der Waals surface area contributed by atoms with Crippen LogP contribution >= 0.6 is 0 Å². The van der Waals surface area contributed by atoms with Gasteiger partial charge in [-0.25, -0.2) is 4.98 Å². The fourth-order valence-electron chi connectivity index (χ4n) is 2.46. The van der Waals surface area contributed by atoms with E-state index in [0.29, 0.717) is 5.82 Å². The molecule has 1 aromatic rings. The lowest BCUT2D eigenvalue weighted by atomic mass is 9.78. The van der Waals surface area contributed by atoms with Gasteiger partial charge in [-0.05, 0) is 58.4 Å². The van der Waals surface area contributed by atoms with E-state index in [0.717, 1.165) is 17.8 Å². The average molecular weight is 274 g/mol. The predicted molar refractivity (Wildman–Crippen MR) is 80.8 cm³/mol. The van der Waals surface area contributed by atoms with E-state index in [1.165, 1.54) is 18.4 Å². The fourth-order valence-corrected chi connectivity index (χ4v) is 2.46. The number of rotatable bonds is 3. The second-order valence-electron chi connectivity index (χ2n) is 7.05. The molecule has 0 bridgehead atoms. The Morgan fingerprint density at radius 3 is 2.40 bits per heavy atom. The van der Waals surface area contributed by atoms with Crippen LogP contribution in [0.4, 0.5) is 5.82 Å². The molecule has 1 saturated heterocycles. The summed E-state index contributed by atoms with van der Waals surface area (Å²) in [6.45, 7) is 8.19. The van der Waals surface area contributed by atoms with E-state index in [9.17, 15) is 0 Å². The molecule has 0 atom stereocenters. The number of nitrogens with two attached hydrogens (primary N) is 1. The summed E-state index contributed by atoms with van der Waals surface area (Å²) in [7, 11) is -0.424. The summed E-state index contributed by atoms with van der Waals surface area (Å²) < 4.78 is 12.1. The molecule has 3 rings (SSSR count). The molecule has 5 heteroatoms. The Hall–Kier alpha value is -1.07. The Bertz CT molecular complexity index is 511. The fraction of sp³-hybridized carbons (Fsp3) is 0.667. The number of hydrogen-bond acceptors (Lipinski definition) is 4. The molecule has 0 spiro atoms. The highest BCUT2D eigenvalue weighted by atomic mass is 16.7. The maximum absolute atomic E-state index is 6.06. The Kier molecular flexibility index (Phi) is 3.10. The molecule has 2 fully saturated rings. The first kappa shape index (κ1) is 13.9. The first-order chi connectivity index (χ1) is 9.28. The molecule has 0 amide bonds. The van der Waals surface area contributed by atoms with Crippen LogP contribution in [0.3, 0.4) is 0 Å². The zero-order valence-electron chi connectivity index (χ0n) is 12.8. The third kappa shape index (κ3) is 2.45. The van der Waals surface area contributed by atoms with Crippen LogP contribution in [0, 0.1) is 5.92 Å². The molecular weight excluding hydrogens is 251 g/mol. The molecule has 1 aliphatic carbocycles. The Balaban J connectivity index is 1.86. The largest absolute Gasteiger partial charge is 0.498 e. The van der Waals surface area contributed by atoms with Crippen LogP contribution in [0.2, 0.25) is 0 Å². The summed E-state index contributed by atoms with van der Waals surface area (Å²) in [5.74, 6) is 1.33. The van der Waals surface area contributed by atoms with E-state index in [1.54, 1.807) is 0 Å². The molecule has 0 aromatic carbocycles. The van der Waals surface area contributed by atoms with Crippen LogP contribution in [-0.4, -0.2) is 23.3 Å². The van der Waals surface area contributed by atoms with Crippen LogP contribution in [0.5, 0.6) is 0 Å². The molecule has 0 unspecified atom stereocenters. The number of hydrogen-bond donors (Lipinski definition) is 1. The molecule has 2 N–H and O–H groups in total. The Labute approximate surface area is 121 Å². The van der Waals surface area contributed by atoms with Gasteiger partial charge < -0.3 is 15.0 Å². The van der Waals surface area contributed by atoms with Gasteiger partial charge >= 0.3 is 7.12 Å². The minimum atomic E-state index is -0.424. The van der Waals surface area contributed by atoms with Crippen LogP contribution in [-0.2, 0) is 15.7 Å². The Morgan fingerprint density at radius 2 is 1.85 bits per heavy atom. The summed E-state index contributed by atoms with van der Waals surface area (Å²) >= 11 is 0. The minimum absolute atomic E-state index is 0.351. The van der Waals surface area contributed by atoms with Crippen molar-refractivity contribution in [3.63, 3.8) is 0 Å². The van der Waals surface area contributed by atoms with Crippen molar-refractivity contribution >= 4 is 18.4 Å². The number of nitrogen functional groups attached to an aromatic ring is 1. The predicted octanol–water partition coefficient (Wildman–Crippen LogP) is 1.92. The van der Waals surface area contributed by atoms with Crippen molar-refractivity contribution in [3.8, 4) is 0 Å². The van der Waals surface area contributed by atoms with Gasteiger partial charge in [0.05, 0.1) is 11.2 Å². The van der Waals surface area contributed by atoms with Crippen molar-refractivity contribution in [3.05, 3.63) is 17.8 Å². The molecule has 1 saturated carbocycles. The van der Waals surface area contributed by atoms with E-state index in [1.807, 2.05) is 33.9 Å². The first-order valence-electron chi connectivity index (χ1n) is 7.38. The molecule has 2 heterocycles. The van der Waals surface area contributed by atoms with Crippen molar-refractivity contribution in [2.24, 2.45) is 5.92 Å². The summed E-state index contributed by atoms with van der Waals surface area (Å²) in [5.41, 5.74) is 7.41. The molecule has 1 aliphatic heterocycles. The number of pyridine rings is 1. The van der Waals surface area contributed by atoms with Gasteiger partial charge in [-0.2, -0.15) is 0 Å². The van der Waals surface area contributed by atoms with Crippen LogP contribution in [0.1, 0.15) is 46.1 Å². The normalized spacial score (nSPS) is 24.1. The monoisotopic (exact) mass is 274 g/mol. The lowest BCUT2D eigenvalue weighted by Gasteiger charge is -2.32. The maximum atomic E-state index is 6.06. The van der Waals surface area contributed by atoms with Gasteiger partial charge in [-0.1, -0.05) is 6.07 Å². The van der Waals surface area contributed by atoms with Gasteiger partial charge in [0.25, 0.3) is 0 Å². The van der Waals surface area contributed by atoms with Gasteiger partial charge in [0, 0.05) is 11.7 Å². The van der Waals surface area contributed by atoms with Gasteiger partial charge in [0.1, 0.15) is 5.82 Å². The minimum Gasteiger partial charge on any atom is -0.399 e. The van der Waals surface area contributed by atoms with E-state index in [4.69, 9.17) is 15.0 Å². The SMILES string of the molecule is CC1(C)OB(c2cc(CC3CC3)cnc2N)OC1(C)C. The van der Waals surface area contributed by atoms with Gasteiger partial charge in [0.15, 0.2) is 0 Å².